The molecule has 2 fully saturated rings. The highest BCUT2D eigenvalue weighted by Gasteiger charge is 2.33. The molecule has 204 valence electrons. The molecule has 4 heterocycles. The monoisotopic (exact) mass is 563 g/mol. The summed E-state index contributed by atoms with van der Waals surface area (Å²) in [5.41, 5.74) is 3.38. The van der Waals surface area contributed by atoms with Crippen LogP contribution in [0.1, 0.15) is 55.1 Å². The maximum absolute atomic E-state index is 14.0. The van der Waals surface area contributed by atoms with Gasteiger partial charge in [-0.3, -0.25) is 9.20 Å². The zero-order valence-electron chi connectivity index (χ0n) is 22.0. The first-order chi connectivity index (χ1) is 19.0. The van der Waals surface area contributed by atoms with Crippen LogP contribution in [-0.4, -0.2) is 46.1 Å². The van der Waals surface area contributed by atoms with Crippen molar-refractivity contribution in [3.8, 4) is 21.7 Å². The van der Waals surface area contributed by atoms with Crippen LogP contribution in [0.5, 0.6) is 0 Å². The molecule has 6 rings (SSSR count). The lowest BCUT2D eigenvalue weighted by molar-refractivity contribution is -0.123. The fourth-order valence-corrected chi connectivity index (χ4v) is 7.48. The largest absolute Gasteiger partial charge is 0.477 e. The minimum absolute atomic E-state index is 0.0464. The normalized spacial score (nSPS) is 20.3. The third-order valence-electron chi connectivity index (χ3n) is 8.17. The van der Waals surface area contributed by atoms with Crippen molar-refractivity contribution in [2.45, 2.75) is 45.4 Å². The number of carbonyl (C=O) groups excluding carboxylic acids is 1. The molecule has 0 bridgehead atoms. The lowest BCUT2D eigenvalue weighted by Crippen LogP contribution is -2.42. The van der Waals surface area contributed by atoms with Gasteiger partial charge in [0.25, 0.3) is 0 Å². The Bertz CT molecular complexity index is 1430. The first-order valence-corrected chi connectivity index (χ1v) is 15.4. The molecule has 1 N–H and O–H groups in total. The standard InChI is InChI=1S/C30H33N3O4S2/c1-19-2-4-23(5-3-19)28(34)33(17-20-10-13-37-14-11-20)25-16-26(39-27(25)29(35)36)22-8-6-21(7-9-22)24-18-32-12-15-38-30(32)31-24/h6-9,12,15-16,18-20,23H,2-5,10-11,13-14,17H2,1H3,(H,35,36). The number of hydrogen-bond donors (Lipinski definition) is 1. The lowest BCUT2D eigenvalue weighted by Gasteiger charge is -2.34. The summed E-state index contributed by atoms with van der Waals surface area (Å²) < 4.78 is 7.56. The Kier molecular flexibility index (Phi) is 7.55. The van der Waals surface area contributed by atoms with Crippen LogP contribution in [0, 0.1) is 17.8 Å². The Morgan fingerprint density at radius 3 is 2.49 bits per heavy atom. The highest BCUT2D eigenvalue weighted by atomic mass is 32.1. The maximum Gasteiger partial charge on any atom is 0.348 e. The van der Waals surface area contributed by atoms with Gasteiger partial charge in [-0.15, -0.1) is 22.7 Å². The van der Waals surface area contributed by atoms with E-state index in [9.17, 15) is 14.7 Å². The first kappa shape index (κ1) is 26.2. The number of amides is 1. The Hall–Kier alpha value is -3.01. The van der Waals surface area contributed by atoms with Crippen molar-refractivity contribution < 1.29 is 19.4 Å². The van der Waals surface area contributed by atoms with Crippen LogP contribution < -0.4 is 4.90 Å². The van der Waals surface area contributed by atoms with E-state index in [2.05, 4.69) is 11.9 Å². The average molecular weight is 564 g/mol. The molecule has 7 nitrogen and oxygen atoms in total. The molecular weight excluding hydrogens is 530 g/mol. The van der Waals surface area contributed by atoms with Crippen molar-refractivity contribution in [3.05, 3.63) is 53.0 Å². The summed E-state index contributed by atoms with van der Waals surface area (Å²) >= 11 is 2.84. The number of nitrogens with zero attached hydrogens (tertiary/aromatic N) is 3. The van der Waals surface area contributed by atoms with Crippen LogP contribution in [0.15, 0.2) is 48.1 Å². The number of carboxylic acid groups (broad SMARTS) is 1. The summed E-state index contributed by atoms with van der Waals surface area (Å²) in [6.07, 6.45) is 9.61. The fraction of sp³-hybridized carbons (Fsp3) is 0.433. The van der Waals surface area contributed by atoms with E-state index in [0.29, 0.717) is 37.3 Å². The molecule has 0 unspecified atom stereocenters. The van der Waals surface area contributed by atoms with Crippen molar-refractivity contribution in [1.82, 2.24) is 9.38 Å². The molecule has 1 aliphatic heterocycles. The Morgan fingerprint density at radius 2 is 1.79 bits per heavy atom. The fourth-order valence-electron chi connectivity index (χ4n) is 5.77. The third kappa shape index (κ3) is 5.53. The number of anilines is 1. The lowest BCUT2D eigenvalue weighted by atomic mass is 9.82. The van der Waals surface area contributed by atoms with Gasteiger partial charge in [0.05, 0.1) is 11.4 Å². The number of carbonyl (C=O) groups is 2. The van der Waals surface area contributed by atoms with Crippen LogP contribution in [0.3, 0.4) is 0 Å². The predicted octanol–water partition coefficient (Wildman–Crippen LogP) is 7.08. The van der Waals surface area contributed by atoms with Gasteiger partial charge in [-0.1, -0.05) is 31.2 Å². The van der Waals surface area contributed by atoms with Crippen molar-refractivity contribution in [1.29, 1.82) is 0 Å². The first-order valence-electron chi connectivity index (χ1n) is 13.8. The molecule has 1 amide bonds. The van der Waals surface area contributed by atoms with E-state index in [1.165, 1.54) is 11.3 Å². The number of thiazole rings is 1. The molecule has 1 saturated heterocycles. The highest BCUT2D eigenvalue weighted by Crippen LogP contribution is 2.40. The smallest absolute Gasteiger partial charge is 0.348 e. The second-order valence-electron chi connectivity index (χ2n) is 10.9. The van der Waals surface area contributed by atoms with Crippen molar-refractivity contribution >= 4 is 45.2 Å². The van der Waals surface area contributed by atoms with E-state index in [4.69, 9.17) is 4.74 Å². The summed E-state index contributed by atoms with van der Waals surface area (Å²) in [7, 11) is 0. The highest BCUT2D eigenvalue weighted by molar-refractivity contribution is 7.18. The average Bonchev–Trinajstić information content (AvgIpc) is 3.68. The molecule has 3 aromatic heterocycles. The maximum atomic E-state index is 14.0. The summed E-state index contributed by atoms with van der Waals surface area (Å²) in [5, 5.41) is 12.2. The Labute approximate surface area is 236 Å². The van der Waals surface area contributed by atoms with E-state index in [-0.39, 0.29) is 16.7 Å². The molecule has 0 radical (unpaired) electrons. The molecular formula is C30H33N3O4S2. The van der Waals surface area contributed by atoms with E-state index in [0.717, 1.165) is 65.2 Å². The zero-order valence-corrected chi connectivity index (χ0v) is 23.7. The van der Waals surface area contributed by atoms with Gasteiger partial charge in [-0.25, -0.2) is 9.78 Å². The van der Waals surface area contributed by atoms with Gasteiger partial charge in [0.15, 0.2) is 4.96 Å². The molecule has 9 heteroatoms. The van der Waals surface area contributed by atoms with Gasteiger partial charge >= 0.3 is 5.97 Å². The molecule has 1 aromatic carbocycles. The van der Waals surface area contributed by atoms with Gasteiger partial charge in [-0.05, 0) is 62.0 Å². The summed E-state index contributed by atoms with van der Waals surface area (Å²) in [6.45, 7) is 4.17. The van der Waals surface area contributed by atoms with Crippen molar-refractivity contribution in [3.63, 3.8) is 0 Å². The molecule has 0 spiro atoms. The van der Waals surface area contributed by atoms with Gasteiger partial charge in [-0.2, -0.15) is 0 Å². The van der Waals surface area contributed by atoms with Gasteiger partial charge in [0, 0.05) is 53.9 Å². The number of aromatic carboxylic acids is 1. The third-order valence-corrected chi connectivity index (χ3v) is 10.1. The number of imidazole rings is 1. The SMILES string of the molecule is CC1CCC(C(=O)N(CC2CCOCC2)c2cc(-c3ccc(-c4cn5ccsc5n4)cc3)sc2C(=O)O)CC1. The number of rotatable bonds is 7. The number of benzene rings is 1. The zero-order chi connectivity index (χ0) is 26.9. The van der Waals surface area contributed by atoms with Crippen molar-refractivity contribution in [2.75, 3.05) is 24.7 Å². The van der Waals surface area contributed by atoms with Crippen LogP contribution in [0.25, 0.3) is 26.7 Å². The summed E-state index contributed by atoms with van der Waals surface area (Å²) in [6, 6.07) is 9.98. The van der Waals surface area contributed by atoms with Crippen LogP contribution in [0.2, 0.25) is 0 Å². The van der Waals surface area contributed by atoms with Gasteiger partial charge in [0.1, 0.15) is 4.88 Å². The Balaban J connectivity index is 1.31. The topological polar surface area (TPSA) is 84.1 Å². The number of thiophene rings is 1. The molecule has 1 aliphatic carbocycles. The van der Waals surface area contributed by atoms with Gasteiger partial charge in [0.2, 0.25) is 5.91 Å². The summed E-state index contributed by atoms with van der Waals surface area (Å²) in [5.74, 6) is -0.0102. The predicted molar refractivity (Wildman–Crippen MR) is 156 cm³/mol. The van der Waals surface area contributed by atoms with Gasteiger partial charge < -0.3 is 14.7 Å². The van der Waals surface area contributed by atoms with E-state index >= 15 is 0 Å². The molecule has 0 atom stereocenters. The van der Waals surface area contributed by atoms with E-state index < -0.39 is 5.97 Å². The number of hydrogen-bond acceptors (Lipinski definition) is 6. The number of fused-ring (bicyclic) bond motifs is 1. The minimum atomic E-state index is -0.988. The molecule has 1 saturated carbocycles. The van der Waals surface area contributed by atoms with Crippen LogP contribution >= 0.6 is 22.7 Å². The number of aromatic nitrogens is 2. The Morgan fingerprint density at radius 1 is 1.08 bits per heavy atom. The second kappa shape index (κ2) is 11.2. The van der Waals surface area contributed by atoms with E-state index in [1.54, 1.807) is 11.3 Å². The molecule has 4 aromatic rings. The quantitative estimate of drug-likeness (QED) is 0.260. The van der Waals surface area contributed by atoms with Crippen LogP contribution in [-0.2, 0) is 9.53 Å². The van der Waals surface area contributed by atoms with Crippen molar-refractivity contribution in [2.24, 2.45) is 17.8 Å². The minimum Gasteiger partial charge on any atom is -0.477 e. The van der Waals surface area contributed by atoms with E-state index in [1.807, 2.05) is 57.4 Å². The summed E-state index contributed by atoms with van der Waals surface area (Å²) in [4.78, 5) is 34.9. The molecule has 2 aliphatic rings. The number of carboxylic acids is 1. The number of ether oxygens (including phenoxy) is 1. The second-order valence-corrected chi connectivity index (χ2v) is 12.8. The molecule has 39 heavy (non-hydrogen) atoms. The van der Waals surface area contributed by atoms with Crippen LogP contribution in [0.4, 0.5) is 5.69 Å².